The number of nitrogens with one attached hydrogen (secondary N) is 2. The minimum Gasteiger partial charge on any atom is -0.372 e. The molecule has 1 aliphatic carbocycles. The average Bonchev–Trinajstić information content (AvgIpc) is 3.35. The van der Waals surface area contributed by atoms with E-state index in [4.69, 9.17) is 0 Å². The Kier molecular flexibility index (Phi) is 9.27. The van der Waals surface area contributed by atoms with E-state index in [9.17, 15) is 0 Å². The molecular formula is C17H29IN4. The fraction of sp³-hybridized carbons (Fsp3) is 0.588. The number of hydrogen-bond acceptors (Lipinski definition) is 2. The number of anilines is 1. The van der Waals surface area contributed by atoms with Crippen molar-refractivity contribution in [1.82, 2.24) is 10.6 Å². The molecule has 0 atom stereocenters. The first-order valence-electron chi connectivity index (χ1n) is 8.08. The van der Waals surface area contributed by atoms with Crippen molar-refractivity contribution < 1.29 is 0 Å². The molecule has 0 aromatic heterocycles. The van der Waals surface area contributed by atoms with E-state index >= 15 is 0 Å². The van der Waals surface area contributed by atoms with Gasteiger partial charge in [0.2, 0.25) is 0 Å². The van der Waals surface area contributed by atoms with E-state index in [0.29, 0.717) is 0 Å². The van der Waals surface area contributed by atoms with Crippen LogP contribution in [0.5, 0.6) is 0 Å². The smallest absolute Gasteiger partial charge is 0.190 e. The summed E-state index contributed by atoms with van der Waals surface area (Å²) in [6, 6.07) is 10.6. The van der Waals surface area contributed by atoms with E-state index in [1.807, 2.05) is 7.05 Å². The first kappa shape index (κ1) is 19.1. The summed E-state index contributed by atoms with van der Waals surface area (Å²) in [5.74, 6) is 1.81. The van der Waals surface area contributed by atoms with E-state index < -0.39 is 0 Å². The highest BCUT2D eigenvalue weighted by Gasteiger charge is 2.20. The fourth-order valence-corrected chi connectivity index (χ4v) is 2.37. The Morgan fingerprint density at radius 3 is 2.55 bits per heavy atom. The van der Waals surface area contributed by atoms with Crippen molar-refractivity contribution in [3.63, 3.8) is 0 Å². The largest absolute Gasteiger partial charge is 0.372 e. The van der Waals surface area contributed by atoms with Crippen molar-refractivity contribution in [1.29, 1.82) is 0 Å². The Bertz CT molecular complexity index is 432. The minimum absolute atomic E-state index is 0. The summed E-state index contributed by atoms with van der Waals surface area (Å²) in [6.07, 6.45) is 3.84. The molecule has 0 saturated heterocycles. The molecule has 2 rings (SSSR count). The molecule has 1 saturated carbocycles. The van der Waals surface area contributed by atoms with Crippen LogP contribution in [0.3, 0.4) is 0 Å². The van der Waals surface area contributed by atoms with Gasteiger partial charge in [0, 0.05) is 38.9 Å². The SMILES string of the molecule is CCN(CCCNC(=NC)NCC1CC1)c1ccccc1.I. The van der Waals surface area contributed by atoms with Gasteiger partial charge in [-0.3, -0.25) is 4.99 Å². The highest BCUT2D eigenvalue weighted by molar-refractivity contribution is 14.0. The molecule has 0 bridgehead atoms. The van der Waals surface area contributed by atoms with Gasteiger partial charge in [-0.2, -0.15) is 0 Å². The highest BCUT2D eigenvalue weighted by Crippen LogP contribution is 2.27. The number of guanidine groups is 1. The second kappa shape index (κ2) is 10.7. The van der Waals surface area contributed by atoms with Crippen molar-refractivity contribution in [2.75, 3.05) is 38.1 Å². The average molecular weight is 416 g/mol. The van der Waals surface area contributed by atoms with Crippen LogP contribution in [-0.2, 0) is 0 Å². The summed E-state index contributed by atoms with van der Waals surface area (Å²) in [6.45, 7) is 6.32. The lowest BCUT2D eigenvalue weighted by Gasteiger charge is -2.23. The summed E-state index contributed by atoms with van der Waals surface area (Å²) < 4.78 is 0. The standard InChI is InChI=1S/C17H28N4.HI/c1-3-21(16-8-5-4-6-9-16)13-7-12-19-17(18-2)20-14-15-10-11-15;/h4-6,8-9,15H,3,7,10-14H2,1-2H3,(H2,18,19,20);1H. The fourth-order valence-electron chi connectivity index (χ4n) is 2.37. The summed E-state index contributed by atoms with van der Waals surface area (Å²) in [5, 5.41) is 6.79. The van der Waals surface area contributed by atoms with Gasteiger partial charge >= 0.3 is 0 Å². The Labute approximate surface area is 151 Å². The molecule has 0 heterocycles. The molecule has 1 aromatic rings. The topological polar surface area (TPSA) is 39.7 Å². The summed E-state index contributed by atoms with van der Waals surface area (Å²) in [7, 11) is 1.84. The maximum absolute atomic E-state index is 4.26. The van der Waals surface area contributed by atoms with Gasteiger partial charge in [-0.25, -0.2) is 0 Å². The number of aliphatic imine (C=N–C) groups is 1. The lowest BCUT2D eigenvalue weighted by atomic mass is 10.2. The molecule has 0 aliphatic heterocycles. The zero-order valence-corrected chi connectivity index (χ0v) is 16.0. The number of nitrogens with zero attached hydrogens (tertiary/aromatic N) is 2. The van der Waals surface area contributed by atoms with E-state index in [1.165, 1.54) is 18.5 Å². The van der Waals surface area contributed by atoms with Crippen LogP contribution < -0.4 is 15.5 Å². The molecule has 0 unspecified atom stereocenters. The van der Waals surface area contributed by atoms with E-state index in [2.05, 4.69) is 57.8 Å². The maximum atomic E-state index is 4.26. The predicted molar refractivity (Wildman–Crippen MR) is 106 cm³/mol. The predicted octanol–water partition coefficient (Wildman–Crippen LogP) is 3.10. The molecule has 22 heavy (non-hydrogen) atoms. The van der Waals surface area contributed by atoms with Crippen molar-refractivity contribution in [2.45, 2.75) is 26.2 Å². The molecule has 0 spiro atoms. The van der Waals surface area contributed by atoms with Crippen LogP contribution in [0.1, 0.15) is 26.2 Å². The minimum atomic E-state index is 0. The number of para-hydroxylation sites is 1. The molecule has 1 aliphatic rings. The van der Waals surface area contributed by atoms with Gasteiger partial charge in [-0.05, 0) is 44.2 Å². The number of rotatable bonds is 8. The molecule has 4 nitrogen and oxygen atoms in total. The molecule has 5 heteroatoms. The second-order valence-corrected chi connectivity index (χ2v) is 5.59. The molecule has 124 valence electrons. The van der Waals surface area contributed by atoms with Gasteiger partial charge in [0.05, 0.1) is 0 Å². The van der Waals surface area contributed by atoms with Crippen LogP contribution in [0, 0.1) is 5.92 Å². The zero-order valence-electron chi connectivity index (χ0n) is 13.7. The van der Waals surface area contributed by atoms with Crippen LogP contribution in [-0.4, -0.2) is 39.2 Å². The lowest BCUT2D eigenvalue weighted by molar-refractivity contribution is 0.696. The van der Waals surface area contributed by atoms with E-state index in [-0.39, 0.29) is 24.0 Å². The molecule has 1 fully saturated rings. The Balaban J connectivity index is 0.00000242. The quantitative estimate of drug-likeness (QED) is 0.296. The van der Waals surface area contributed by atoms with Gasteiger partial charge in [-0.15, -0.1) is 24.0 Å². The monoisotopic (exact) mass is 416 g/mol. The number of halogens is 1. The van der Waals surface area contributed by atoms with Gasteiger partial charge in [0.15, 0.2) is 5.96 Å². The summed E-state index contributed by atoms with van der Waals surface area (Å²) in [5.41, 5.74) is 1.30. The van der Waals surface area contributed by atoms with Gasteiger partial charge in [0.25, 0.3) is 0 Å². The van der Waals surface area contributed by atoms with Gasteiger partial charge < -0.3 is 15.5 Å². The Hall–Kier alpha value is -0.980. The summed E-state index contributed by atoms with van der Waals surface area (Å²) >= 11 is 0. The van der Waals surface area contributed by atoms with Gasteiger partial charge in [0.1, 0.15) is 0 Å². The third-order valence-electron chi connectivity index (χ3n) is 3.88. The normalized spacial score (nSPS) is 14.2. The molecule has 1 aromatic carbocycles. The van der Waals surface area contributed by atoms with E-state index in [0.717, 1.165) is 44.5 Å². The molecule has 0 amide bonds. The van der Waals surface area contributed by atoms with Crippen LogP contribution in [0.4, 0.5) is 5.69 Å². The number of hydrogen-bond donors (Lipinski definition) is 2. The number of benzene rings is 1. The van der Waals surface area contributed by atoms with Crippen LogP contribution >= 0.6 is 24.0 Å². The van der Waals surface area contributed by atoms with Crippen molar-refractivity contribution >= 4 is 35.6 Å². The lowest BCUT2D eigenvalue weighted by Crippen LogP contribution is -2.39. The first-order valence-corrected chi connectivity index (χ1v) is 8.08. The third-order valence-corrected chi connectivity index (χ3v) is 3.88. The zero-order chi connectivity index (χ0) is 14.9. The first-order chi connectivity index (χ1) is 10.3. The second-order valence-electron chi connectivity index (χ2n) is 5.59. The molecule has 0 radical (unpaired) electrons. The van der Waals surface area contributed by atoms with Crippen LogP contribution in [0.15, 0.2) is 35.3 Å². The summed E-state index contributed by atoms with van der Waals surface area (Å²) in [4.78, 5) is 6.67. The highest BCUT2D eigenvalue weighted by atomic mass is 127. The van der Waals surface area contributed by atoms with Gasteiger partial charge in [-0.1, -0.05) is 18.2 Å². The van der Waals surface area contributed by atoms with Crippen LogP contribution in [0.25, 0.3) is 0 Å². The molecule has 2 N–H and O–H groups in total. The maximum Gasteiger partial charge on any atom is 0.190 e. The van der Waals surface area contributed by atoms with Crippen molar-refractivity contribution in [3.8, 4) is 0 Å². The van der Waals surface area contributed by atoms with Crippen molar-refractivity contribution in [2.24, 2.45) is 10.9 Å². The Morgan fingerprint density at radius 1 is 1.23 bits per heavy atom. The van der Waals surface area contributed by atoms with Crippen LogP contribution in [0.2, 0.25) is 0 Å². The Morgan fingerprint density at radius 2 is 1.95 bits per heavy atom. The van der Waals surface area contributed by atoms with Crippen molar-refractivity contribution in [3.05, 3.63) is 30.3 Å². The third kappa shape index (κ3) is 6.85. The van der Waals surface area contributed by atoms with E-state index in [1.54, 1.807) is 0 Å². The molecular weight excluding hydrogens is 387 g/mol.